The third kappa shape index (κ3) is 4.62. The molecule has 3 rings (SSSR count). The van der Waals surface area contributed by atoms with Crippen LogP contribution in [0.4, 0.5) is 0 Å². The minimum atomic E-state index is -3.31. The van der Waals surface area contributed by atoms with Crippen molar-refractivity contribution in [3.8, 4) is 34.5 Å². The Morgan fingerprint density at radius 1 is 0.457 bits per heavy atom. The summed E-state index contributed by atoms with van der Waals surface area (Å²) >= 11 is 8.01. The Morgan fingerprint density at radius 3 is 0.914 bits per heavy atom. The maximum absolute atomic E-state index is 8.01. The van der Waals surface area contributed by atoms with E-state index in [2.05, 4.69) is 0 Å². The summed E-state index contributed by atoms with van der Waals surface area (Å²) in [6.07, 6.45) is 0. The summed E-state index contributed by atoms with van der Waals surface area (Å²) in [4.78, 5) is 0. The molecule has 0 saturated carbocycles. The van der Waals surface area contributed by atoms with Crippen molar-refractivity contribution in [2.45, 2.75) is 20.8 Å². The van der Waals surface area contributed by atoms with Crippen LogP contribution in [0.3, 0.4) is 0 Å². The van der Waals surface area contributed by atoms with Crippen LogP contribution in [-0.4, -0.2) is 50.0 Å². The summed E-state index contributed by atoms with van der Waals surface area (Å²) in [5.41, 5.74) is 2.78. The van der Waals surface area contributed by atoms with E-state index in [1.807, 2.05) is 57.2 Å². The van der Waals surface area contributed by atoms with Crippen molar-refractivity contribution in [1.29, 1.82) is 0 Å². The normalized spacial score (nSPS) is 11.1. The molecule has 0 radical (unpaired) electrons. The number of hydrogen-bond acceptors (Lipinski definition) is 6. The van der Waals surface area contributed by atoms with Crippen LogP contribution in [0.15, 0.2) is 36.4 Å². The molecule has 0 N–H and O–H groups in total. The molecule has 0 saturated heterocycles. The van der Waals surface area contributed by atoms with Crippen LogP contribution in [0.1, 0.15) is 16.7 Å². The fourth-order valence-electron chi connectivity index (χ4n) is 4.49. The SMILES string of the molecule is COc1cc(OC)c(C)c([Si](Cl)(c2cc(OC)cc(OC)c2C)c2cc(OC)cc(OC)c2C)c1. The summed E-state index contributed by atoms with van der Waals surface area (Å²) in [7, 11) is 6.51. The number of methoxy groups -OCH3 is 6. The Kier molecular flexibility index (Phi) is 8.13. The molecule has 0 aliphatic carbocycles. The van der Waals surface area contributed by atoms with Gasteiger partial charge in [-0.05, 0) is 71.2 Å². The fourth-order valence-corrected chi connectivity index (χ4v) is 10.1. The third-order valence-electron chi connectivity index (χ3n) is 6.48. The molecule has 3 aromatic rings. The predicted molar refractivity (Wildman–Crippen MR) is 143 cm³/mol. The highest BCUT2D eigenvalue weighted by Crippen LogP contribution is 2.33. The topological polar surface area (TPSA) is 55.4 Å². The zero-order valence-corrected chi connectivity index (χ0v) is 23.5. The van der Waals surface area contributed by atoms with Crippen molar-refractivity contribution in [2.75, 3.05) is 42.7 Å². The van der Waals surface area contributed by atoms with Gasteiger partial charge >= 0.3 is 0 Å². The number of hydrogen-bond donors (Lipinski definition) is 0. The highest BCUT2D eigenvalue weighted by molar-refractivity contribution is 7.40. The first kappa shape index (κ1) is 26.6. The molecule has 0 aliphatic heterocycles. The van der Waals surface area contributed by atoms with Crippen LogP contribution in [0, 0.1) is 20.8 Å². The van der Waals surface area contributed by atoms with E-state index in [-0.39, 0.29) is 0 Å². The minimum absolute atomic E-state index is 0.653. The lowest BCUT2D eigenvalue weighted by Crippen LogP contribution is -2.65. The van der Waals surface area contributed by atoms with Gasteiger partial charge in [-0.3, -0.25) is 0 Å². The summed E-state index contributed by atoms with van der Waals surface area (Å²) in [5, 5.41) is 2.77. The van der Waals surface area contributed by atoms with Gasteiger partial charge < -0.3 is 28.4 Å². The standard InChI is InChI=1S/C27H33ClO6Si/c1-16-22(32-7)10-19(29-4)13-25(16)35(28,26-14-20(30-5)11-23(33-8)17(26)2)27-15-21(31-6)12-24(34-9)18(27)3/h10-15H,1-9H3. The van der Waals surface area contributed by atoms with E-state index in [1.54, 1.807) is 42.7 Å². The smallest absolute Gasteiger partial charge is 0.249 e. The monoisotopic (exact) mass is 516 g/mol. The molecule has 0 aromatic heterocycles. The second-order valence-corrected chi connectivity index (χ2v) is 12.8. The van der Waals surface area contributed by atoms with Crippen molar-refractivity contribution in [3.63, 3.8) is 0 Å². The number of rotatable bonds is 9. The van der Waals surface area contributed by atoms with Gasteiger partial charge in [0.25, 0.3) is 0 Å². The molecule has 8 heteroatoms. The molecule has 35 heavy (non-hydrogen) atoms. The highest BCUT2D eigenvalue weighted by atomic mass is 35.6. The average molecular weight is 517 g/mol. The van der Waals surface area contributed by atoms with Gasteiger partial charge in [0, 0.05) is 18.2 Å². The van der Waals surface area contributed by atoms with Gasteiger partial charge in [0.15, 0.2) is 0 Å². The average Bonchev–Trinajstić information content (AvgIpc) is 2.88. The van der Waals surface area contributed by atoms with E-state index in [0.29, 0.717) is 34.5 Å². The second kappa shape index (κ2) is 10.7. The molecule has 3 aromatic carbocycles. The van der Waals surface area contributed by atoms with E-state index in [1.165, 1.54) is 0 Å². The van der Waals surface area contributed by atoms with E-state index >= 15 is 0 Å². The largest absolute Gasteiger partial charge is 0.497 e. The molecule has 6 nitrogen and oxygen atoms in total. The second-order valence-electron chi connectivity index (χ2n) is 8.17. The van der Waals surface area contributed by atoms with Gasteiger partial charge in [0.05, 0.1) is 42.7 Å². The van der Waals surface area contributed by atoms with Crippen molar-refractivity contribution in [2.24, 2.45) is 0 Å². The Balaban J connectivity index is 2.58. The van der Waals surface area contributed by atoms with E-state index in [4.69, 9.17) is 39.5 Å². The molecule has 0 aliphatic rings. The van der Waals surface area contributed by atoms with Crippen LogP contribution in [0.2, 0.25) is 0 Å². The van der Waals surface area contributed by atoms with Crippen molar-refractivity contribution in [3.05, 3.63) is 53.1 Å². The van der Waals surface area contributed by atoms with Gasteiger partial charge in [-0.2, -0.15) is 0 Å². The third-order valence-corrected chi connectivity index (χ3v) is 12.1. The molecule has 0 amide bonds. The Morgan fingerprint density at radius 2 is 0.714 bits per heavy atom. The first-order valence-electron chi connectivity index (χ1n) is 11.1. The van der Waals surface area contributed by atoms with Crippen molar-refractivity contribution in [1.82, 2.24) is 0 Å². The maximum Gasteiger partial charge on any atom is 0.249 e. The van der Waals surface area contributed by atoms with Gasteiger partial charge in [-0.15, -0.1) is 11.1 Å². The lowest BCUT2D eigenvalue weighted by molar-refractivity contribution is 0.393. The van der Waals surface area contributed by atoms with Crippen LogP contribution in [-0.2, 0) is 0 Å². The van der Waals surface area contributed by atoms with Gasteiger partial charge in [-0.25, -0.2) is 0 Å². The molecule has 0 unspecified atom stereocenters. The highest BCUT2D eigenvalue weighted by Gasteiger charge is 2.44. The molecular weight excluding hydrogens is 484 g/mol. The number of benzene rings is 3. The fraction of sp³-hybridized carbons (Fsp3) is 0.333. The van der Waals surface area contributed by atoms with Gasteiger partial charge in [0.2, 0.25) is 7.38 Å². The molecule has 0 fully saturated rings. The van der Waals surface area contributed by atoms with Crippen LogP contribution in [0.5, 0.6) is 34.5 Å². The Hall–Kier alpha value is -3.03. The van der Waals surface area contributed by atoms with Crippen LogP contribution >= 0.6 is 11.1 Å². The van der Waals surface area contributed by atoms with E-state index < -0.39 is 7.38 Å². The number of ether oxygens (including phenoxy) is 6. The maximum atomic E-state index is 8.01. The lowest BCUT2D eigenvalue weighted by Gasteiger charge is -2.33. The molecule has 0 heterocycles. The van der Waals surface area contributed by atoms with Crippen LogP contribution in [0.25, 0.3) is 0 Å². The van der Waals surface area contributed by atoms with Gasteiger partial charge in [-0.1, -0.05) is 0 Å². The van der Waals surface area contributed by atoms with Crippen molar-refractivity contribution < 1.29 is 28.4 Å². The zero-order chi connectivity index (χ0) is 25.9. The summed E-state index contributed by atoms with van der Waals surface area (Å²) in [6.45, 7) is 6.03. The van der Waals surface area contributed by atoms with E-state index in [9.17, 15) is 0 Å². The number of halogens is 1. The van der Waals surface area contributed by atoms with Gasteiger partial charge in [0.1, 0.15) is 34.5 Å². The zero-order valence-electron chi connectivity index (χ0n) is 21.8. The lowest BCUT2D eigenvalue weighted by atomic mass is 10.2. The Bertz CT molecular complexity index is 1080. The van der Waals surface area contributed by atoms with E-state index in [0.717, 1.165) is 32.3 Å². The summed E-state index contributed by atoms with van der Waals surface area (Å²) < 4.78 is 34.1. The summed E-state index contributed by atoms with van der Waals surface area (Å²) in [6, 6.07) is 11.6. The molecular formula is C27H33ClO6Si. The quantitative estimate of drug-likeness (QED) is 0.244. The predicted octanol–water partition coefficient (Wildman–Crippen LogP) is 3.87. The van der Waals surface area contributed by atoms with Crippen molar-refractivity contribution >= 4 is 34.0 Å². The first-order chi connectivity index (χ1) is 16.7. The molecule has 0 atom stereocenters. The Labute approximate surface area is 213 Å². The molecule has 188 valence electrons. The molecule has 0 spiro atoms. The molecule has 0 bridgehead atoms. The minimum Gasteiger partial charge on any atom is -0.497 e. The van der Waals surface area contributed by atoms with Crippen LogP contribution < -0.4 is 44.0 Å². The first-order valence-corrected chi connectivity index (χ1v) is 14.1. The summed E-state index contributed by atoms with van der Waals surface area (Å²) in [5.74, 6) is 4.03.